The first kappa shape index (κ1) is 10.3. The van der Waals surface area contributed by atoms with Crippen LogP contribution < -0.4 is 0 Å². The van der Waals surface area contributed by atoms with Gasteiger partial charge in [-0.3, -0.25) is 0 Å². The van der Waals surface area contributed by atoms with E-state index in [1.165, 1.54) is 11.1 Å². The molecule has 2 atom stereocenters. The van der Waals surface area contributed by atoms with E-state index in [4.69, 9.17) is 16.7 Å². The van der Waals surface area contributed by atoms with Crippen LogP contribution in [0.1, 0.15) is 25.3 Å². The first-order chi connectivity index (χ1) is 6.52. The Bertz CT molecular complexity index is 365. The smallest absolute Gasteiger partial charge is 0.146 e. The van der Waals surface area contributed by atoms with Crippen LogP contribution in [0, 0.1) is 0 Å². The van der Waals surface area contributed by atoms with Gasteiger partial charge in [0.25, 0.3) is 0 Å². The molecule has 0 saturated carbocycles. The highest BCUT2D eigenvalue weighted by Crippen LogP contribution is 2.72. The van der Waals surface area contributed by atoms with Gasteiger partial charge in [0.05, 0.1) is 12.4 Å². The van der Waals surface area contributed by atoms with Gasteiger partial charge in [0.1, 0.15) is 11.4 Å². The standard InChI is InChI=1S/C11H15OPS/c1-8-7-13(3,14)11(9(8)2)10-5-4-6-12-10/h4-6,11H,7H2,1-3H3/t11-,13?/m0/s1. The summed E-state index contributed by atoms with van der Waals surface area (Å²) in [6, 6.07) is 4.00. The minimum absolute atomic E-state index is 0.396. The van der Waals surface area contributed by atoms with Crippen molar-refractivity contribution in [3.05, 3.63) is 35.3 Å². The lowest BCUT2D eigenvalue weighted by Gasteiger charge is -2.30. The number of hydrogen-bond acceptors (Lipinski definition) is 2. The largest absolute Gasteiger partial charge is 0.555 e. The Morgan fingerprint density at radius 1 is 1.50 bits per heavy atom. The second-order valence-electron chi connectivity index (χ2n) is 4.21. The molecule has 0 bridgehead atoms. The van der Waals surface area contributed by atoms with Crippen molar-refractivity contribution in [1.29, 1.82) is 0 Å². The molecule has 0 fully saturated rings. The summed E-state index contributed by atoms with van der Waals surface area (Å²) in [5.41, 5.74) is 3.30. The maximum atomic E-state index is 5.74. The average Bonchev–Trinajstić information content (AvgIpc) is 2.60. The SMILES string of the molecule is CC1=C(C)[C@@H](c2ccco2)[P+](C)([S-])C1. The van der Waals surface area contributed by atoms with E-state index in [2.05, 4.69) is 26.6 Å². The van der Waals surface area contributed by atoms with E-state index >= 15 is 0 Å². The monoisotopic (exact) mass is 226 g/mol. The van der Waals surface area contributed by atoms with Gasteiger partial charge in [-0.25, -0.2) is 0 Å². The average molecular weight is 226 g/mol. The second kappa shape index (κ2) is 3.43. The van der Waals surface area contributed by atoms with E-state index in [-0.39, 0.29) is 0 Å². The summed E-state index contributed by atoms with van der Waals surface area (Å²) in [6.07, 6.45) is 2.85. The van der Waals surface area contributed by atoms with Gasteiger partial charge in [-0.1, -0.05) is 6.46 Å². The molecule has 1 aliphatic heterocycles. The quantitative estimate of drug-likeness (QED) is 0.410. The van der Waals surface area contributed by atoms with E-state index in [1.54, 1.807) is 6.26 Å². The summed E-state index contributed by atoms with van der Waals surface area (Å²) in [5, 5.41) is 0. The molecule has 2 rings (SSSR count). The Hall–Kier alpha value is -0.200. The topological polar surface area (TPSA) is 13.1 Å². The Morgan fingerprint density at radius 3 is 2.64 bits per heavy atom. The van der Waals surface area contributed by atoms with E-state index in [1.807, 2.05) is 6.07 Å². The van der Waals surface area contributed by atoms with Gasteiger partial charge in [0.2, 0.25) is 0 Å². The Balaban J connectivity index is 2.43. The highest BCUT2D eigenvalue weighted by Gasteiger charge is 2.40. The lowest BCUT2D eigenvalue weighted by atomic mass is 10.1. The van der Waals surface area contributed by atoms with Crippen LogP contribution in [0.5, 0.6) is 0 Å². The molecule has 0 amide bonds. The predicted octanol–water partition coefficient (Wildman–Crippen LogP) is 3.78. The Kier molecular flexibility index (Phi) is 2.53. The number of hydrogen-bond donors (Lipinski definition) is 0. The molecule has 1 aliphatic rings. The molecule has 2 heterocycles. The summed E-state index contributed by atoms with van der Waals surface area (Å²) in [4.78, 5) is 0. The minimum Gasteiger partial charge on any atom is -0.555 e. The molecule has 0 spiro atoms. The lowest BCUT2D eigenvalue weighted by Crippen LogP contribution is -1.99. The molecule has 1 nitrogen and oxygen atoms in total. The van der Waals surface area contributed by atoms with Gasteiger partial charge >= 0.3 is 0 Å². The van der Waals surface area contributed by atoms with Crippen LogP contribution in [0.2, 0.25) is 0 Å². The third kappa shape index (κ3) is 1.55. The van der Waals surface area contributed by atoms with Crippen LogP contribution in [-0.2, 0) is 12.2 Å². The summed E-state index contributed by atoms with van der Waals surface area (Å²) in [7, 11) is 0. The molecular weight excluding hydrogens is 211 g/mol. The third-order valence-corrected chi connectivity index (χ3v) is 6.85. The molecule has 0 saturated heterocycles. The summed E-state index contributed by atoms with van der Waals surface area (Å²) in [6.45, 7) is 5.35. The molecule has 0 aromatic carbocycles. The summed E-state index contributed by atoms with van der Waals surface area (Å²) >= 11 is 5.74. The fourth-order valence-corrected chi connectivity index (χ4v) is 6.73. The first-order valence-corrected chi connectivity index (χ1v) is 8.28. The normalized spacial score (nSPS) is 32.7. The van der Waals surface area contributed by atoms with E-state index < -0.39 is 6.46 Å². The van der Waals surface area contributed by atoms with Crippen LogP contribution in [0.25, 0.3) is 0 Å². The van der Waals surface area contributed by atoms with E-state index in [9.17, 15) is 0 Å². The molecule has 3 heteroatoms. The van der Waals surface area contributed by atoms with Gasteiger partial charge in [0.15, 0.2) is 0 Å². The molecule has 76 valence electrons. The van der Waals surface area contributed by atoms with Crippen molar-refractivity contribution < 1.29 is 4.42 Å². The van der Waals surface area contributed by atoms with Gasteiger partial charge in [-0.05, 0) is 37.1 Å². The van der Waals surface area contributed by atoms with E-state index in [0.717, 1.165) is 11.9 Å². The van der Waals surface area contributed by atoms with Crippen LogP contribution in [0.3, 0.4) is 0 Å². The van der Waals surface area contributed by atoms with Gasteiger partial charge in [-0.2, -0.15) is 0 Å². The van der Waals surface area contributed by atoms with Gasteiger partial charge in [-0.15, -0.1) is 0 Å². The van der Waals surface area contributed by atoms with Crippen LogP contribution >= 0.6 is 6.46 Å². The minimum atomic E-state index is -1.29. The molecular formula is C11H15OPS. The molecule has 0 radical (unpaired) electrons. The maximum absolute atomic E-state index is 5.74. The predicted molar refractivity (Wildman–Crippen MR) is 64.9 cm³/mol. The summed E-state index contributed by atoms with van der Waals surface area (Å²) in [5.74, 6) is 1.06. The molecule has 0 N–H and O–H groups in total. The third-order valence-electron chi connectivity index (χ3n) is 2.99. The number of rotatable bonds is 1. The van der Waals surface area contributed by atoms with Gasteiger partial charge in [0, 0.05) is 6.66 Å². The van der Waals surface area contributed by atoms with Crippen LogP contribution in [0.15, 0.2) is 34.0 Å². The van der Waals surface area contributed by atoms with Crippen molar-refractivity contribution in [2.24, 2.45) is 0 Å². The zero-order valence-corrected chi connectivity index (χ0v) is 10.5. The molecule has 1 unspecified atom stereocenters. The zero-order valence-electron chi connectivity index (χ0n) is 8.78. The molecule has 0 aliphatic carbocycles. The van der Waals surface area contributed by atoms with Crippen molar-refractivity contribution in [2.45, 2.75) is 19.5 Å². The molecule has 1 aromatic rings. The number of allylic oxidation sites excluding steroid dienone is 2. The Labute approximate surface area is 91.1 Å². The van der Waals surface area contributed by atoms with Crippen molar-refractivity contribution >= 4 is 18.7 Å². The first-order valence-electron chi connectivity index (χ1n) is 4.78. The van der Waals surface area contributed by atoms with Gasteiger partial charge < -0.3 is 16.7 Å². The highest BCUT2D eigenvalue weighted by atomic mass is 32.7. The van der Waals surface area contributed by atoms with Crippen molar-refractivity contribution in [3.63, 3.8) is 0 Å². The number of furan rings is 1. The van der Waals surface area contributed by atoms with Crippen molar-refractivity contribution in [1.82, 2.24) is 0 Å². The van der Waals surface area contributed by atoms with E-state index in [0.29, 0.717) is 5.66 Å². The Morgan fingerprint density at radius 2 is 2.21 bits per heavy atom. The van der Waals surface area contributed by atoms with Crippen molar-refractivity contribution in [3.8, 4) is 0 Å². The second-order valence-corrected chi connectivity index (χ2v) is 9.90. The van der Waals surface area contributed by atoms with Crippen LogP contribution in [0.4, 0.5) is 0 Å². The highest BCUT2D eigenvalue weighted by molar-refractivity contribution is 8.42. The lowest BCUT2D eigenvalue weighted by molar-refractivity contribution is 0.515. The maximum Gasteiger partial charge on any atom is 0.146 e. The fraction of sp³-hybridized carbons (Fsp3) is 0.455. The van der Waals surface area contributed by atoms with Crippen molar-refractivity contribution in [2.75, 3.05) is 12.8 Å². The fourth-order valence-electron chi connectivity index (χ4n) is 2.26. The molecule has 1 aromatic heterocycles. The zero-order chi connectivity index (χ0) is 10.3. The molecule has 14 heavy (non-hydrogen) atoms. The summed E-state index contributed by atoms with van der Waals surface area (Å²) < 4.78 is 5.50. The van der Waals surface area contributed by atoms with Crippen LogP contribution in [-0.4, -0.2) is 12.8 Å².